The molecule has 5 heterocycles. The molecule has 0 unspecified atom stereocenters. The minimum Gasteiger partial charge on any atom is -0.504 e. The highest BCUT2D eigenvalue weighted by Crippen LogP contribution is 2.58. The van der Waals surface area contributed by atoms with Crippen molar-refractivity contribution in [1.82, 2.24) is 0 Å². The van der Waals surface area contributed by atoms with Crippen molar-refractivity contribution in [3.8, 4) is 177 Å². The lowest BCUT2D eigenvalue weighted by atomic mass is 9.91. The van der Waals surface area contributed by atoms with Crippen LogP contribution in [0.4, 0.5) is 0 Å². The third kappa shape index (κ3) is 12.0. The van der Waals surface area contributed by atoms with Crippen LogP contribution in [0.5, 0.6) is 144 Å². The Morgan fingerprint density at radius 2 is 0.607 bits per heavy atom. The van der Waals surface area contributed by atoms with Gasteiger partial charge in [-0.25, -0.2) is 38.4 Å². The molecule has 0 spiro atoms. The summed E-state index contributed by atoms with van der Waals surface area (Å²) in [5.41, 5.74) is -16.2. The predicted octanol–water partition coefficient (Wildman–Crippen LogP) is 1.75. The highest BCUT2D eigenvalue weighted by Gasteiger charge is 2.57. The molecule has 2 saturated heterocycles. The van der Waals surface area contributed by atoms with Gasteiger partial charge in [0.15, 0.2) is 110 Å². The molecule has 8 aromatic rings. The van der Waals surface area contributed by atoms with Gasteiger partial charge in [0.25, 0.3) is 0 Å². The number of phenols is 23. The lowest BCUT2D eigenvalue weighted by Gasteiger charge is -2.44. The van der Waals surface area contributed by atoms with Crippen molar-refractivity contribution in [3.05, 3.63) is 99.1 Å². The minimum absolute atomic E-state index is 0.284. The molecule has 8 aromatic carbocycles. The zero-order chi connectivity index (χ0) is 81.5. The smallest absolute Gasteiger partial charge is 0.344 e. The quantitative estimate of drug-likeness (QED) is 0.0640. The number of fused-ring (bicyclic) bond motifs is 13. The van der Waals surface area contributed by atoms with Gasteiger partial charge in [0.2, 0.25) is 70.4 Å². The first-order valence-corrected chi connectivity index (χ1v) is 31.2. The van der Waals surface area contributed by atoms with Gasteiger partial charge in [-0.2, -0.15) is 0 Å². The van der Waals surface area contributed by atoms with Gasteiger partial charge in [-0.3, -0.25) is 0 Å². The molecular weight excluding hydrogens is 1520 g/mol. The van der Waals surface area contributed by atoms with E-state index in [4.69, 9.17) is 52.1 Å². The van der Waals surface area contributed by atoms with Crippen molar-refractivity contribution >= 4 is 47.8 Å². The number of cyclic esters (lactones) is 2. The molecule has 112 heavy (non-hydrogen) atoms. The second-order valence-electron chi connectivity index (χ2n) is 24.6. The summed E-state index contributed by atoms with van der Waals surface area (Å²) < 4.78 is 61.2. The van der Waals surface area contributed by atoms with Gasteiger partial charge in [-0.05, 0) is 48.5 Å². The van der Waals surface area contributed by atoms with E-state index in [0.29, 0.717) is 48.5 Å². The predicted molar refractivity (Wildman–Crippen MR) is 344 cm³/mol. The molecule has 5 aliphatic heterocycles. The third-order valence-corrected chi connectivity index (χ3v) is 17.9. The van der Waals surface area contributed by atoms with E-state index in [1.54, 1.807) is 0 Å². The summed E-state index contributed by atoms with van der Waals surface area (Å²) in [5, 5.41) is 273. The zero-order valence-corrected chi connectivity index (χ0v) is 54.8. The molecule has 13 rings (SSSR count). The average molecular weight is 1570 g/mol. The van der Waals surface area contributed by atoms with Crippen molar-refractivity contribution in [1.29, 1.82) is 0 Å². The minimum atomic E-state index is -2.85. The number of hydrogen-bond acceptors (Lipinski definition) is 44. The molecule has 25 N–H and O–H groups in total. The highest BCUT2D eigenvalue weighted by molar-refractivity contribution is 6.12. The van der Waals surface area contributed by atoms with Crippen LogP contribution in [0.3, 0.4) is 0 Å². The molecule has 44 heteroatoms. The van der Waals surface area contributed by atoms with E-state index in [2.05, 4.69) is 0 Å². The number of carbonyl (C=O) groups is 8. The number of aromatic hydroxyl groups is 23. The summed E-state index contributed by atoms with van der Waals surface area (Å²) in [6.45, 7) is -2.70. The maximum absolute atomic E-state index is 14.9. The lowest BCUT2D eigenvalue weighted by Crippen LogP contribution is -2.63. The fraction of sp³-hybridized carbons (Fsp3) is 0.176. The standard InChI is InChI=1S/C68H48O44/c69-20-1-12(2-27(38(20)77)104-28-9-19(37(76)52(91)45(28)84)66(101)112-67-54(93)53(92)55-29(105-67)10-102-60(95)13-3-21(70)39(78)46(85)31(13)33-15(62(97)107-55)5-23(72)41(80)48(33)87)59(94)111-68-58-57(109-64(99)17-7-25(74)43(82)50(89)35(17)36-18(65(100)110-58)8-26(75)44(83)51(36)90)56-30(106-68)11-103-61(96)14-4-22(71)40(79)47(86)32(14)34-16(63(98)108-56)6-24(73)42(81)49(34)88/h1-9,29-30,53-58,67-93H,10-11H2/t29-,30-,53-,54-,55-,56-,57+,58-,67-,68-/m1/s1. The molecule has 0 radical (unpaired) electrons. The van der Waals surface area contributed by atoms with E-state index in [9.17, 15) is 166 Å². The van der Waals surface area contributed by atoms with Crippen LogP contribution in [0.1, 0.15) is 82.9 Å². The first-order valence-electron chi connectivity index (χ1n) is 31.2. The molecule has 44 nitrogen and oxygen atoms in total. The second-order valence-corrected chi connectivity index (χ2v) is 24.6. The Morgan fingerprint density at radius 3 is 1.00 bits per heavy atom. The first-order chi connectivity index (χ1) is 52.7. The molecule has 0 aromatic heterocycles. The largest absolute Gasteiger partial charge is 0.504 e. The maximum Gasteiger partial charge on any atom is 0.344 e. The number of carbonyl (C=O) groups excluding carboxylic acids is 8. The SMILES string of the molecule is O=C(O[C@H]1O[C@@H]2COC(=O)c3cc(O)c(O)c(O)c3-c3c(cc(O)c(O)c3O)C(=O)O[C@H]2[C@@H]2OC(=O)c3cc(O)c(O)c(O)c3-c3c(cc(O)c(O)c3O)C(=O)O[C@@H]12)c1cc(O)c(O)c(Oc2cc(C(=O)O[C@H]3O[C@@H]4COC(=O)c5cc(O)c(O)c(O)c5-c5c(cc(O)c(O)c5O)C(=O)O[C@H]4[C@H](O)[C@H]3O)c(O)c(O)c2O)c1. The van der Waals surface area contributed by atoms with Gasteiger partial charge in [0.05, 0.1) is 38.9 Å². The summed E-state index contributed by atoms with van der Waals surface area (Å²) >= 11 is 0. The molecule has 10 atom stereocenters. The first kappa shape index (κ1) is 74.8. The van der Waals surface area contributed by atoms with Gasteiger partial charge >= 0.3 is 47.8 Å². The number of aliphatic hydroxyl groups excluding tert-OH is 2. The van der Waals surface area contributed by atoms with Gasteiger partial charge < -0.3 is 180 Å². The van der Waals surface area contributed by atoms with Gasteiger partial charge in [0, 0.05) is 39.4 Å². The Bertz CT molecular complexity index is 5510. The van der Waals surface area contributed by atoms with E-state index >= 15 is 0 Å². The van der Waals surface area contributed by atoms with Crippen LogP contribution >= 0.6 is 0 Å². The molecule has 2 fully saturated rings. The molecule has 0 amide bonds. The normalized spacial score (nSPS) is 21.3. The van der Waals surface area contributed by atoms with Gasteiger partial charge in [-0.1, -0.05) is 0 Å². The summed E-state index contributed by atoms with van der Waals surface area (Å²) in [4.78, 5) is 115. The number of aliphatic hydroxyl groups is 2. The van der Waals surface area contributed by atoms with Crippen molar-refractivity contribution in [2.75, 3.05) is 13.2 Å². The van der Waals surface area contributed by atoms with Gasteiger partial charge in [-0.15, -0.1) is 0 Å². The summed E-state index contributed by atoms with van der Waals surface area (Å²) in [6, 6.07) is 3.21. The Morgan fingerprint density at radius 1 is 0.295 bits per heavy atom. The fourth-order valence-corrected chi connectivity index (χ4v) is 12.5. The molecule has 5 aliphatic rings. The monoisotopic (exact) mass is 1570 g/mol. The molecule has 0 saturated carbocycles. The lowest BCUT2D eigenvalue weighted by molar-refractivity contribution is -0.284. The van der Waals surface area contributed by atoms with Crippen LogP contribution in [-0.2, 0) is 47.4 Å². The fourth-order valence-electron chi connectivity index (χ4n) is 12.5. The molecule has 0 aliphatic carbocycles. The summed E-state index contributed by atoms with van der Waals surface area (Å²) in [7, 11) is 0. The topological polar surface area (TPSA) is 744 Å². The van der Waals surface area contributed by atoms with Crippen LogP contribution in [0.15, 0.2) is 54.6 Å². The Balaban J connectivity index is 0.845. The Labute approximate surface area is 614 Å². The average Bonchev–Trinajstić information content (AvgIpc) is 0.968. The van der Waals surface area contributed by atoms with Crippen LogP contribution in [0, 0.1) is 0 Å². The van der Waals surface area contributed by atoms with Crippen LogP contribution in [0.2, 0.25) is 0 Å². The number of ether oxygens (including phenoxy) is 11. The van der Waals surface area contributed by atoms with Gasteiger partial charge in [0.1, 0.15) is 43.2 Å². The van der Waals surface area contributed by atoms with E-state index in [1.807, 2.05) is 0 Å². The Hall–Kier alpha value is -15.4. The van der Waals surface area contributed by atoms with Crippen LogP contribution in [0.25, 0.3) is 33.4 Å². The van der Waals surface area contributed by atoms with Crippen LogP contribution < -0.4 is 4.74 Å². The van der Waals surface area contributed by atoms with E-state index in [1.165, 1.54) is 0 Å². The van der Waals surface area contributed by atoms with E-state index in [0.717, 1.165) is 0 Å². The maximum atomic E-state index is 14.9. The van der Waals surface area contributed by atoms with Crippen molar-refractivity contribution in [2.45, 2.75) is 61.4 Å². The third-order valence-electron chi connectivity index (χ3n) is 17.9. The van der Waals surface area contributed by atoms with E-state index < -0.39 is 344 Å². The summed E-state index contributed by atoms with van der Waals surface area (Å²) in [5.74, 6) is -51.0. The summed E-state index contributed by atoms with van der Waals surface area (Å²) in [6.07, 6.45) is -25.6. The van der Waals surface area contributed by atoms with Crippen molar-refractivity contribution in [2.24, 2.45) is 0 Å². The number of hydrogen-bond donors (Lipinski definition) is 25. The van der Waals surface area contributed by atoms with E-state index in [-0.39, 0.29) is 6.07 Å². The van der Waals surface area contributed by atoms with Crippen molar-refractivity contribution < 1.29 is 218 Å². The van der Waals surface area contributed by atoms with Crippen molar-refractivity contribution in [3.63, 3.8) is 0 Å². The zero-order valence-electron chi connectivity index (χ0n) is 54.8. The highest BCUT2D eigenvalue weighted by atomic mass is 16.8. The van der Waals surface area contributed by atoms with Crippen LogP contribution in [-0.4, -0.2) is 250 Å². The molecular formula is C68H48O44. The second kappa shape index (κ2) is 27.1. The Kier molecular flexibility index (Phi) is 18.1. The number of esters is 8. The number of phenolic OH excluding ortho intramolecular Hbond substituents is 23. The molecule has 0 bridgehead atoms. The number of rotatable bonds is 6. The number of benzene rings is 8. The molecule has 584 valence electrons.